The lowest BCUT2D eigenvalue weighted by atomic mass is 9.75. The summed E-state index contributed by atoms with van der Waals surface area (Å²) in [5.74, 6) is 1.10. The molecule has 1 atom stereocenters. The molecule has 4 heterocycles. The summed E-state index contributed by atoms with van der Waals surface area (Å²) in [4.78, 5) is 20.1. The fraction of sp³-hybridized carbons (Fsp3) is 0.481. The Labute approximate surface area is 209 Å². The number of ether oxygens (including phenoxy) is 1. The van der Waals surface area contributed by atoms with E-state index in [2.05, 4.69) is 32.5 Å². The van der Waals surface area contributed by atoms with Gasteiger partial charge in [0.1, 0.15) is 24.0 Å². The standard InChI is InChI=1S/C27H31FN6O2/c1-33-17-29-32-25(33)12-27(15-36-16-27)20-3-2-4-22(11-20)30-26(35)24-10-18(9-23(31-24)19-5-6-19)13-34-8-7-21(28)14-34/h2-4,9-11,17,19,21H,5-8,12-16H2,1H3,(H,30,35)/t21-/m0/s1. The van der Waals surface area contributed by atoms with E-state index in [1.807, 2.05) is 35.9 Å². The van der Waals surface area contributed by atoms with E-state index in [-0.39, 0.29) is 11.3 Å². The van der Waals surface area contributed by atoms with Crippen molar-refractivity contribution in [3.05, 3.63) is 71.1 Å². The number of halogens is 1. The summed E-state index contributed by atoms with van der Waals surface area (Å²) < 4.78 is 21.2. The molecule has 2 saturated heterocycles. The topological polar surface area (TPSA) is 85.2 Å². The molecule has 2 aromatic heterocycles. The van der Waals surface area contributed by atoms with Crippen LogP contribution in [-0.2, 0) is 30.2 Å². The molecule has 3 aliphatic rings. The first-order valence-corrected chi connectivity index (χ1v) is 12.7. The zero-order valence-corrected chi connectivity index (χ0v) is 20.5. The lowest BCUT2D eigenvalue weighted by molar-refractivity contribution is -0.0610. The van der Waals surface area contributed by atoms with Crippen LogP contribution in [0, 0.1) is 0 Å². The van der Waals surface area contributed by atoms with Gasteiger partial charge in [-0.15, -0.1) is 10.2 Å². The molecule has 1 amide bonds. The molecule has 9 heteroatoms. The number of nitrogens with zero attached hydrogens (tertiary/aromatic N) is 5. The first-order chi connectivity index (χ1) is 17.5. The van der Waals surface area contributed by atoms with Gasteiger partial charge >= 0.3 is 0 Å². The molecule has 188 valence electrons. The van der Waals surface area contributed by atoms with Crippen molar-refractivity contribution in [2.24, 2.45) is 7.05 Å². The van der Waals surface area contributed by atoms with E-state index in [0.717, 1.165) is 47.7 Å². The number of carbonyl (C=O) groups excluding carboxylic acids is 1. The van der Waals surface area contributed by atoms with E-state index in [0.29, 0.717) is 50.8 Å². The van der Waals surface area contributed by atoms with Crippen molar-refractivity contribution in [3.8, 4) is 0 Å². The van der Waals surface area contributed by atoms with Gasteiger partial charge in [0.05, 0.1) is 13.2 Å². The number of amides is 1. The normalized spacial score (nSPS) is 21.3. The number of aromatic nitrogens is 4. The zero-order valence-electron chi connectivity index (χ0n) is 20.5. The van der Waals surface area contributed by atoms with Crippen LogP contribution in [0.1, 0.15) is 58.3 Å². The number of nitrogens with one attached hydrogen (secondary N) is 1. The van der Waals surface area contributed by atoms with Crippen LogP contribution in [0.4, 0.5) is 10.1 Å². The van der Waals surface area contributed by atoms with Crippen LogP contribution in [0.2, 0.25) is 0 Å². The first-order valence-electron chi connectivity index (χ1n) is 12.7. The minimum atomic E-state index is -0.761. The van der Waals surface area contributed by atoms with E-state index in [1.54, 1.807) is 6.33 Å². The number of carbonyl (C=O) groups is 1. The van der Waals surface area contributed by atoms with Crippen LogP contribution in [0.25, 0.3) is 0 Å². The first kappa shape index (κ1) is 23.2. The zero-order chi connectivity index (χ0) is 24.7. The molecule has 3 fully saturated rings. The third-order valence-corrected chi connectivity index (χ3v) is 7.55. The van der Waals surface area contributed by atoms with Gasteiger partial charge in [-0.2, -0.15) is 0 Å². The highest BCUT2D eigenvalue weighted by molar-refractivity contribution is 6.03. The van der Waals surface area contributed by atoms with Crippen LogP contribution >= 0.6 is 0 Å². The maximum absolute atomic E-state index is 13.7. The second-order valence-electron chi connectivity index (χ2n) is 10.5. The molecular formula is C27H31FN6O2. The number of hydrogen-bond acceptors (Lipinski definition) is 6. The molecule has 0 bridgehead atoms. The van der Waals surface area contributed by atoms with Crippen molar-refractivity contribution in [3.63, 3.8) is 0 Å². The molecule has 1 aliphatic carbocycles. The van der Waals surface area contributed by atoms with Gasteiger partial charge in [-0.05, 0) is 54.7 Å². The Bertz CT molecular complexity index is 1270. The molecule has 1 N–H and O–H groups in total. The Morgan fingerprint density at radius 2 is 2.08 bits per heavy atom. The van der Waals surface area contributed by atoms with E-state index >= 15 is 0 Å². The van der Waals surface area contributed by atoms with Crippen molar-refractivity contribution in [2.45, 2.75) is 49.7 Å². The highest BCUT2D eigenvalue weighted by atomic mass is 19.1. The minimum Gasteiger partial charge on any atom is -0.379 e. The van der Waals surface area contributed by atoms with E-state index in [4.69, 9.17) is 9.72 Å². The summed E-state index contributed by atoms with van der Waals surface area (Å²) in [7, 11) is 1.94. The predicted octanol–water partition coefficient (Wildman–Crippen LogP) is 3.39. The van der Waals surface area contributed by atoms with E-state index in [9.17, 15) is 9.18 Å². The minimum absolute atomic E-state index is 0.192. The summed E-state index contributed by atoms with van der Waals surface area (Å²) in [5, 5.41) is 11.3. The Morgan fingerprint density at radius 1 is 1.22 bits per heavy atom. The van der Waals surface area contributed by atoms with E-state index in [1.165, 1.54) is 0 Å². The molecule has 8 nitrogen and oxygen atoms in total. The number of benzene rings is 1. The van der Waals surface area contributed by atoms with Crippen LogP contribution in [0.3, 0.4) is 0 Å². The Kier molecular flexibility index (Phi) is 6.05. The van der Waals surface area contributed by atoms with Gasteiger partial charge in [0.25, 0.3) is 5.91 Å². The van der Waals surface area contributed by atoms with Crippen molar-refractivity contribution >= 4 is 11.6 Å². The second kappa shape index (κ2) is 9.37. The molecule has 2 aliphatic heterocycles. The molecule has 1 aromatic carbocycles. The smallest absolute Gasteiger partial charge is 0.274 e. The fourth-order valence-electron chi connectivity index (χ4n) is 5.20. The number of alkyl halides is 1. The van der Waals surface area contributed by atoms with Gasteiger partial charge in [0.15, 0.2) is 0 Å². The Balaban J connectivity index is 1.21. The van der Waals surface area contributed by atoms with Crippen molar-refractivity contribution in [2.75, 3.05) is 31.6 Å². The molecule has 3 aromatic rings. The van der Waals surface area contributed by atoms with Gasteiger partial charge in [-0.25, -0.2) is 9.37 Å². The SMILES string of the molecule is Cn1cnnc1CC1(c2cccc(NC(=O)c3cc(CN4CC[C@H](F)C4)cc(C4CC4)n3)c2)COC1. The highest BCUT2D eigenvalue weighted by Crippen LogP contribution is 2.40. The lowest BCUT2D eigenvalue weighted by Crippen LogP contribution is -2.49. The number of anilines is 1. The quantitative estimate of drug-likeness (QED) is 0.521. The van der Waals surface area contributed by atoms with Crippen molar-refractivity contribution < 1.29 is 13.9 Å². The van der Waals surface area contributed by atoms with Crippen molar-refractivity contribution in [1.29, 1.82) is 0 Å². The molecule has 0 unspecified atom stereocenters. The van der Waals surface area contributed by atoms with Gasteiger partial charge in [0, 0.05) is 55.8 Å². The number of pyridine rings is 1. The number of rotatable bonds is 8. The average Bonchev–Trinajstić information content (AvgIpc) is 3.51. The molecule has 1 saturated carbocycles. The molecule has 6 rings (SSSR count). The molecular weight excluding hydrogens is 459 g/mol. The monoisotopic (exact) mass is 490 g/mol. The van der Waals surface area contributed by atoms with Gasteiger partial charge in [-0.1, -0.05) is 12.1 Å². The average molecular weight is 491 g/mol. The highest BCUT2D eigenvalue weighted by Gasteiger charge is 2.41. The van der Waals surface area contributed by atoms with Crippen LogP contribution in [-0.4, -0.2) is 63.0 Å². The third-order valence-electron chi connectivity index (χ3n) is 7.55. The van der Waals surface area contributed by atoms with Gasteiger partial charge in [0.2, 0.25) is 0 Å². The third kappa shape index (κ3) is 4.77. The summed E-state index contributed by atoms with van der Waals surface area (Å²) in [6.45, 7) is 3.04. The van der Waals surface area contributed by atoms with E-state index < -0.39 is 6.17 Å². The largest absolute Gasteiger partial charge is 0.379 e. The maximum atomic E-state index is 13.7. The molecule has 36 heavy (non-hydrogen) atoms. The number of likely N-dealkylation sites (tertiary alicyclic amines) is 1. The van der Waals surface area contributed by atoms with Crippen LogP contribution in [0.5, 0.6) is 0 Å². The summed E-state index contributed by atoms with van der Waals surface area (Å²) in [6, 6.07) is 11.9. The maximum Gasteiger partial charge on any atom is 0.274 e. The molecule has 0 radical (unpaired) electrons. The number of hydrogen-bond donors (Lipinski definition) is 1. The summed E-state index contributed by atoms with van der Waals surface area (Å²) in [6.07, 6.45) is 4.44. The lowest BCUT2D eigenvalue weighted by Gasteiger charge is -2.41. The Morgan fingerprint density at radius 3 is 2.75 bits per heavy atom. The number of aryl methyl sites for hydroxylation is 1. The summed E-state index contributed by atoms with van der Waals surface area (Å²) in [5.41, 5.74) is 4.04. The predicted molar refractivity (Wildman–Crippen MR) is 133 cm³/mol. The fourth-order valence-corrected chi connectivity index (χ4v) is 5.20. The second-order valence-corrected chi connectivity index (χ2v) is 10.5. The Hall–Kier alpha value is -3.17. The van der Waals surface area contributed by atoms with Gasteiger partial charge in [-0.3, -0.25) is 9.69 Å². The van der Waals surface area contributed by atoms with Crippen LogP contribution in [0.15, 0.2) is 42.7 Å². The van der Waals surface area contributed by atoms with Crippen molar-refractivity contribution in [1.82, 2.24) is 24.6 Å². The van der Waals surface area contributed by atoms with Crippen LogP contribution < -0.4 is 5.32 Å². The summed E-state index contributed by atoms with van der Waals surface area (Å²) >= 11 is 0. The van der Waals surface area contributed by atoms with Gasteiger partial charge < -0.3 is 14.6 Å². The molecule has 0 spiro atoms.